The Hall–Kier alpha value is -2.55. The van der Waals surface area contributed by atoms with Crippen LogP contribution in [0.3, 0.4) is 0 Å². The van der Waals surface area contributed by atoms with E-state index in [1.165, 1.54) is 16.7 Å². The maximum absolute atomic E-state index is 12.1. The Labute approximate surface area is 161 Å². The van der Waals surface area contributed by atoms with Gasteiger partial charge in [0.15, 0.2) is 6.61 Å². The van der Waals surface area contributed by atoms with Crippen LogP contribution < -0.4 is 15.5 Å². The molecule has 9 heteroatoms. The van der Waals surface area contributed by atoms with Gasteiger partial charge < -0.3 is 10.1 Å². The summed E-state index contributed by atoms with van der Waals surface area (Å²) in [5.74, 6) is -1.38. The van der Waals surface area contributed by atoms with E-state index in [1.807, 2.05) is 12.1 Å². The number of para-hydroxylation sites is 1. The Kier molecular flexibility index (Phi) is 6.33. The van der Waals surface area contributed by atoms with Crippen molar-refractivity contribution in [3.05, 3.63) is 24.3 Å². The molecule has 0 unspecified atom stereocenters. The number of imide groups is 1. The number of esters is 1. The smallest absolute Gasteiger partial charge is 0.326 e. The summed E-state index contributed by atoms with van der Waals surface area (Å²) in [5.41, 5.74) is 0.649. The molecule has 1 aromatic carbocycles. The molecule has 0 spiro atoms. The van der Waals surface area contributed by atoms with E-state index < -0.39 is 24.5 Å². The molecule has 0 saturated heterocycles. The Balaban J connectivity index is 1.44. The van der Waals surface area contributed by atoms with E-state index in [0.717, 1.165) is 30.6 Å². The highest BCUT2D eigenvalue weighted by atomic mass is 32.2. The molecule has 144 valence electrons. The lowest BCUT2D eigenvalue weighted by molar-refractivity contribution is -0.147. The largest absolute Gasteiger partial charge is 0.454 e. The number of rotatable bonds is 5. The molecule has 3 rings (SSSR count). The number of carbonyl (C=O) groups is 4. The number of hydrogen-bond donors (Lipinski definition) is 2. The number of urea groups is 1. The Morgan fingerprint density at radius 1 is 1.19 bits per heavy atom. The molecule has 1 aromatic rings. The van der Waals surface area contributed by atoms with Crippen molar-refractivity contribution in [2.45, 2.75) is 36.6 Å². The summed E-state index contributed by atoms with van der Waals surface area (Å²) in [6.07, 6.45) is 3.93. The highest BCUT2D eigenvalue weighted by Gasteiger charge is 2.27. The number of benzene rings is 1. The molecule has 1 fully saturated rings. The van der Waals surface area contributed by atoms with Gasteiger partial charge in [-0.3, -0.25) is 24.6 Å². The molecule has 2 aliphatic rings. The van der Waals surface area contributed by atoms with Gasteiger partial charge in [0.1, 0.15) is 6.54 Å². The summed E-state index contributed by atoms with van der Waals surface area (Å²) >= 11 is 1.41. The first-order chi connectivity index (χ1) is 13.0. The van der Waals surface area contributed by atoms with Crippen molar-refractivity contribution in [1.29, 1.82) is 0 Å². The van der Waals surface area contributed by atoms with Crippen molar-refractivity contribution in [3.8, 4) is 0 Å². The molecule has 0 atom stereocenters. The summed E-state index contributed by atoms with van der Waals surface area (Å²) in [6.45, 7) is -0.854. The van der Waals surface area contributed by atoms with Crippen LogP contribution in [0.1, 0.15) is 25.7 Å². The van der Waals surface area contributed by atoms with E-state index in [0.29, 0.717) is 5.69 Å². The van der Waals surface area contributed by atoms with E-state index in [1.54, 1.807) is 12.1 Å². The van der Waals surface area contributed by atoms with Gasteiger partial charge in [0.2, 0.25) is 5.91 Å². The normalized spacial score (nSPS) is 16.6. The molecule has 0 radical (unpaired) electrons. The van der Waals surface area contributed by atoms with Crippen LogP contribution in [0.4, 0.5) is 10.5 Å². The molecule has 0 bridgehead atoms. The van der Waals surface area contributed by atoms with Gasteiger partial charge in [-0.2, -0.15) is 0 Å². The minimum Gasteiger partial charge on any atom is -0.454 e. The van der Waals surface area contributed by atoms with Gasteiger partial charge in [0, 0.05) is 10.9 Å². The predicted octanol–water partition coefficient (Wildman–Crippen LogP) is 1.44. The minimum absolute atomic E-state index is 0.0865. The second kappa shape index (κ2) is 8.90. The van der Waals surface area contributed by atoms with Crippen LogP contribution in [-0.4, -0.2) is 48.8 Å². The first-order valence-corrected chi connectivity index (χ1v) is 9.79. The molecule has 2 N–H and O–H groups in total. The van der Waals surface area contributed by atoms with Crippen LogP contribution in [0.2, 0.25) is 0 Å². The number of ether oxygens (including phenoxy) is 1. The van der Waals surface area contributed by atoms with Gasteiger partial charge in [0.05, 0.1) is 11.4 Å². The number of amides is 4. The lowest BCUT2D eigenvalue weighted by Gasteiger charge is -2.27. The van der Waals surface area contributed by atoms with Crippen molar-refractivity contribution in [2.75, 3.05) is 23.8 Å². The van der Waals surface area contributed by atoms with Crippen molar-refractivity contribution in [2.24, 2.45) is 0 Å². The minimum atomic E-state index is -0.712. The van der Waals surface area contributed by atoms with Crippen molar-refractivity contribution < 1.29 is 23.9 Å². The van der Waals surface area contributed by atoms with E-state index in [4.69, 9.17) is 4.74 Å². The number of anilines is 1. The Bertz CT molecular complexity index is 748. The van der Waals surface area contributed by atoms with Gasteiger partial charge in [-0.05, 0) is 25.0 Å². The van der Waals surface area contributed by atoms with Gasteiger partial charge in [-0.1, -0.05) is 25.0 Å². The van der Waals surface area contributed by atoms with Gasteiger partial charge >= 0.3 is 12.0 Å². The lowest BCUT2D eigenvalue weighted by Crippen LogP contribution is -2.45. The number of fused-ring (bicyclic) bond motifs is 1. The third-order valence-electron chi connectivity index (χ3n) is 4.40. The third-order valence-corrected chi connectivity index (χ3v) is 5.45. The maximum atomic E-state index is 12.1. The number of hydrogen-bond acceptors (Lipinski definition) is 6. The molecule has 1 aliphatic carbocycles. The van der Waals surface area contributed by atoms with Crippen LogP contribution in [0.15, 0.2) is 29.2 Å². The molecule has 8 nitrogen and oxygen atoms in total. The zero-order chi connectivity index (χ0) is 19.2. The topological polar surface area (TPSA) is 105 Å². The molecule has 1 heterocycles. The first kappa shape index (κ1) is 19.2. The third kappa shape index (κ3) is 5.22. The molecular weight excluding hydrogens is 370 g/mol. The van der Waals surface area contributed by atoms with Crippen molar-refractivity contribution in [3.63, 3.8) is 0 Å². The molecule has 0 aromatic heterocycles. The van der Waals surface area contributed by atoms with E-state index >= 15 is 0 Å². The molecule has 1 aliphatic heterocycles. The summed E-state index contributed by atoms with van der Waals surface area (Å²) < 4.78 is 4.91. The number of carbonyl (C=O) groups excluding carboxylic acids is 4. The number of nitrogens with zero attached hydrogens (tertiary/aromatic N) is 1. The fourth-order valence-corrected chi connectivity index (χ4v) is 4.04. The van der Waals surface area contributed by atoms with E-state index in [9.17, 15) is 19.2 Å². The summed E-state index contributed by atoms with van der Waals surface area (Å²) in [5, 5.41) is 4.85. The van der Waals surface area contributed by atoms with E-state index in [2.05, 4.69) is 10.6 Å². The molecule has 4 amide bonds. The zero-order valence-electron chi connectivity index (χ0n) is 14.7. The second-order valence-corrected chi connectivity index (χ2v) is 7.42. The van der Waals surface area contributed by atoms with Crippen molar-refractivity contribution >= 4 is 41.3 Å². The van der Waals surface area contributed by atoms with Crippen LogP contribution in [0.5, 0.6) is 0 Å². The molecular formula is C18H21N3O5S. The summed E-state index contributed by atoms with van der Waals surface area (Å²) in [6, 6.07) is 6.78. The highest BCUT2D eigenvalue weighted by Crippen LogP contribution is 2.34. The fourth-order valence-electron chi connectivity index (χ4n) is 3.10. The summed E-state index contributed by atoms with van der Waals surface area (Å²) in [4.78, 5) is 49.9. The Morgan fingerprint density at radius 3 is 2.70 bits per heavy atom. The summed E-state index contributed by atoms with van der Waals surface area (Å²) in [7, 11) is 0. The number of thioether (sulfide) groups is 1. The second-order valence-electron chi connectivity index (χ2n) is 6.40. The van der Waals surface area contributed by atoms with Crippen LogP contribution in [0.25, 0.3) is 0 Å². The Morgan fingerprint density at radius 2 is 1.93 bits per heavy atom. The maximum Gasteiger partial charge on any atom is 0.326 e. The predicted molar refractivity (Wildman–Crippen MR) is 99.4 cm³/mol. The van der Waals surface area contributed by atoms with Crippen LogP contribution in [0, 0.1) is 0 Å². The van der Waals surface area contributed by atoms with Gasteiger partial charge in [-0.15, -0.1) is 11.8 Å². The van der Waals surface area contributed by atoms with Gasteiger partial charge in [-0.25, -0.2) is 4.79 Å². The van der Waals surface area contributed by atoms with E-state index in [-0.39, 0.29) is 24.2 Å². The monoisotopic (exact) mass is 391 g/mol. The quantitative estimate of drug-likeness (QED) is 0.736. The highest BCUT2D eigenvalue weighted by molar-refractivity contribution is 8.00. The van der Waals surface area contributed by atoms with Crippen LogP contribution in [-0.2, 0) is 19.1 Å². The average Bonchev–Trinajstić information content (AvgIpc) is 3.15. The van der Waals surface area contributed by atoms with Crippen molar-refractivity contribution in [1.82, 2.24) is 10.6 Å². The standard InChI is InChI=1S/C18H21N3O5S/c22-15(20-18(25)19-12-5-1-2-6-12)10-26-17(24)9-21-13-7-3-4-8-14(13)27-11-16(21)23/h3-4,7-8,12H,1-2,5-6,9-11H2,(H2,19,20,22,25). The van der Waals surface area contributed by atoms with Crippen LogP contribution >= 0.6 is 11.8 Å². The number of nitrogens with one attached hydrogen (secondary N) is 2. The van der Waals surface area contributed by atoms with Gasteiger partial charge in [0.25, 0.3) is 5.91 Å². The molecule has 1 saturated carbocycles. The fraction of sp³-hybridized carbons (Fsp3) is 0.444. The molecule has 27 heavy (non-hydrogen) atoms. The first-order valence-electron chi connectivity index (χ1n) is 8.81. The zero-order valence-corrected chi connectivity index (χ0v) is 15.5. The lowest BCUT2D eigenvalue weighted by atomic mass is 10.2. The SMILES string of the molecule is O=C(COC(=O)CN1C(=O)CSc2ccccc21)NC(=O)NC1CCCC1. The average molecular weight is 391 g/mol.